The van der Waals surface area contributed by atoms with Gasteiger partial charge in [-0.25, -0.2) is 10.8 Å². The van der Waals surface area contributed by atoms with Crippen LogP contribution in [0.15, 0.2) is 24.3 Å². The predicted octanol–water partition coefficient (Wildman–Crippen LogP) is 1.42. The molecular formula is C14H20N6. The van der Waals surface area contributed by atoms with Gasteiger partial charge in [0.15, 0.2) is 0 Å². The zero-order valence-electron chi connectivity index (χ0n) is 11.6. The fraction of sp³-hybridized carbons (Fsp3) is 0.429. The van der Waals surface area contributed by atoms with E-state index in [4.69, 9.17) is 5.84 Å². The molecule has 0 unspecified atom stereocenters. The second-order valence-corrected chi connectivity index (χ2v) is 5.28. The molecule has 0 atom stereocenters. The Bertz CT molecular complexity index is 591. The number of benzene rings is 1. The number of nitrogens with zero attached hydrogens (tertiary/aromatic N) is 3. The number of rotatable bonds is 3. The molecule has 0 radical (unpaired) electrons. The van der Waals surface area contributed by atoms with Crippen molar-refractivity contribution >= 4 is 22.7 Å². The molecule has 0 spiro atoms. The van der Waals surface area contributed by atoms with Crippen molar-refractivity contribution in [2.24, 2.45) is 5.84 Å². The molecule has 6 heteroatoms. The number of nitrogens with one attached hydrogen (secondary N) is 2. The van der Waals surface area contributed by atoms with E-state index >= 15 is 0 Å². The summed E-state index contributed by atoms with van der Waals surface area (Å²) in [4.78, 5) is 11.2. The monoisotopic (exact) mass is 272 g/mol. The van der Waals surface area contributed by atoms with Crippen molar-refractivity contribution < 1.29 is 0 Å². The third-order valence-corrected chi connectivity index (χ3v) is 3.79. The van der Waals surface area contributed by atoms with Crippen molar-refractivity contribution in [3.8, 4) is 0 Å². The van der Waals surface area contributed by atoms with Crippen LogP contribution in [0.4, 0.5) is 11.8 Å². The van der Waals surface area contributed by atoms with E-state index in [0.29, 0.717) is 12.0 Å². The zero-order valence-corrected chi connectivity index (χ0v) is 11.6. The van der Waals surface area contributed by atoms with Gasteiger partial charge in [-0.05, 0) is 45.1 Å². The van der Waals surface area contributed by atoms with Gasteiger partial charge in [-0.3, -0.25) is 5.43 Å². The standard InChI is InChI=1S/C14H20N6/c1-20-8-6-10(7-9-20)16-13-11-4-2-3-5-12(11)17-14(18-13)19-15/h2-5,10H,6-9,15H2,1H3,(H2,16,17,18,19). The van der Waals surface area contributed by atoms with Crippen LogP contribution in [-0.2, 0) is 0 Å². The summed E-state index contributed by atoms with van der Waals surface area (Å²) in [6.07, 6.45) is 2.25. The highest BCUT2D eigenvalue weighted by atomic mass is 15.3. The Morgan fingerprint density at radius 3 is 2.70 bits per heavy atom. The molecule has 106 valence electrons. The summed E-state index contributed by atoms with van der Waals surface area (Å²) < 4.78 is 0. The number of hydrazine groups is 1. The second kappa shape index (κ2) is 5.60. The lowest BCUT2D eigenvalue weighted by molar-refractivity contribution is 0.264. The Balaban J connectivity index is 1.89. The molecule has 20 heavy (non-hydrogen) atoms. The Kier molecular flexibility index (Phi) is 3.66. The lowest BCUT2D eigenvalue weighted by Gasteiger charge is -2.30. The lowest BCUT2D eigenvalue weighted by atomic mass is 10.1. The molecule has 3 rings (SSSR count). The van der Waals surface area contributed by atoms with Crippen molar-refractivity contribution in [1.82, 2.24) is 14.9 Å². The normalized spacial score (nSPS) is 17.3. The maximum absolute atomic E-state index is 5.45. The molecule has 1 fully saturated rings. The van der Waals surface area contributed by atoms with Crippen LogP contribution < -0.4 is 16.6 Å². The third kappa shape index (κ3) is 2.66. The van der Waals surface area contributed by atoms with Crippen molar-refractivity contribution in [3.63, 3.8) is 0 Å². The summed E-state index contributed by atoms with van der Waals surface area (Å²) in [6.45, 7) is 2.23. The summed E-state index contributed by atoms with van der Waals surface area (Å²) in [7, 11) is 2.16. The van der Waals surface area contributed by atoms with Gasteiger partial charge in [0.2, 0.25) is 5.95 Å². The molecule has 0 bridgehead atoms. The molecule has 0 saturated carbocycles. The number of anilines is 2. The SMILES string of the molecule is CN1CCC(Nc2nc(NN)nc3ccccc23)CC1. The third-order valence-electron chi connectivity index (χ3n) is 3.79. The average molecular weight is 272 g/mol. The second-order valence-electron chi connectivity index (χ2n) is 5.28. The Labute approximate surface area is 118 Å². The molecule has 6 nitrogen and oxygen atoms in total. The maximum Gasteiger partial charge on any atom is 0.239 e. The number of para-hydroxylation sites is 1. The number of nitrogens with two attached hydrogens (primary N) is 1. The number of likely N-dealkylation sites (tertiary alicyclic amines) is 1. The van der Waals surface area contributed by atoms with E-state index < -0.39 is 0 Å². The van der Waals surface area contributed by atoms with E-state index in [1.807, 2.05) is 24.3 Å². The minimum Gasteiger partial charge on any atom is -0.367 e. The maximum atomic E-state index is 5.45. The quantitative estimate of drug-likeness (QED) is 0.579. The molecule has 0 aliphatic carbocycles. The fourth-order valence-electron chi connectivity index (χ4n) is 2.60. The van der Waals surface area contributed by atoms with E-state index in [1.54, 1.807) is 0 Å². The highest BCUT2D eigenvalue weighted by Crippen LogP contribution is 2.24. The highest BCUT2D eigenvalue weighted by molar-refractivity contribution is 5.90. The Morgan fingerprint density at radius 1 is 1.20 bits per heavy atom. The fourth-order valence-corrected chi connectivity index (χ4v) is 2.60. The van der Waals surface area contributed by atoms with E-state index in [9.17, 15) is 0 Å². The predicted molar refractivity (Wildman–Crippen MR) is 81.5 cm³/mol. The molecule has 2 aromatic rings. The molecule has 1 aromatic carbocycles. The number of hydrogen-bond donors (Lipinski definition) is 3. The van der Waals surface area contributed by atoms with Crippen LogP contribution in [0.25, 0.3) is 10.9 Å². The molecule has 1 aromatic heterocycles. The number of fused-ring (bicyclic) bond motifs is 1. The number of piperidine rings is 1. The Hall–Kier alpha value is -1.92. The van der Waals surface area contributed by atoms with E-state index in [0.717, 1.165) is 42.7 Å². The number of hydrogen-bond acceptors (Lipinski definition) is 6. The minimum absolute atomic E-state index is 0.444. The first-order valence-corrected chi connectivity index (χ1v) is 6.95. The summed E-state index contributed by atoms with van der Waals surface area (Å²) in [5, 5.41) is 4.58. The van der Waals surface area contributed by atoms with Gasteiger partial charge in [0.25, 0.3) is 0 Å². The van der Waals surface area contributed by atoms with Gasteiger partial charge in [-0.15, -0.1) is 0 Å². The summed E-state index contributed by atoms with van der Waals surface area (Å²) in [6, 6.07) is 8.43. The largest absolute Gasteiger partial charge is 0.367 e. The zero-order chi connectivity index (χ0) is 13.9. The summed E-state index contributed by atoms with van der Waals surface area (Å²) >= 11 is 0. The Morgan fingerprint density at radius 2 is 1.95 bits per heavy atom. The van der Waals surface area contributed by atoms with Gasteiger partial charge in [-0.2, -0.15) is 4.98 Å². The summed E-state index contributed by atoms with van der Waals surface area (Å²) in [5.74, 6) is 6.75. The van der Waals surface area contributed by atoms with Gasteiger partial charge < -0.3 is 10.2 Å². The van der Waals surface area contributed by atoms with Crippen molar-refractivity contribution in [2.75, 3.05) is 30.9 Å². The van der Waals surface area contributed by atoms with Gasteiger partial charge in [0.1, 0.15) is 5.82 Å². The average Bonchev–Trinajstić information content (AvgIpc) is 2.49. The molecular weight excluding hydrogens is 252 g/mol. The topological polar surface area (TPSA) is 79.1 Å². The first-order valence-electron chi connectivity index (χ1n) is 6.95. The molecule has 0 amide bonds. The van der Waals surface area contributed by atoms with Crippen LogP contribution in [0.5, 0.6) is 0 Å². The van der Waals surface area contributed by atoms with Crippen LogP contribution in [0.2, 0.25) is 0 Å². The van der Waals surface area contributed by atoms with E-state index in [1.165, 1.54) is 0 Å². The molecule has 1 saturated heterocycles. The molecule has 4 N–H and O–H groups in total. The molecule has 2 heterocycles. The van der Waals surface area contributed by atoms with Crippen molar-refractivity contribution in [2.45, 2.75) is 18.9 Å². The lowest BCUT2D eigenvalue weighted by Crippen LogP contribution is -2.37. The molecule has 1 aliphatic rings. The van der Waals surface area contributed by atoms with Gasteiger partial charge in [-0.1, -0.05) is 12.1 Å². The van der Waals surface area contributed by atoms with Crippen LogP contribution >= 0.6 is 0 Å². The van der Waals surface area contributed by atoms with Gasteiger partial charge in [0.05, 0.1) is 5.52 Å². The van der Waals surface area contributed by atoms with Gasteiger partial charge in [0, 0.05) is 11.4 Å². The van der Waals surface area contributed by atoms with E-state index in [-0.39, 0.29) is 0 Å². The van der Waals surface area contributed by atoms with E-state index in [2.05, 4.69) is 32.7 Å². The highest BCUT2D eigenvalue weighted by Gasteiger charge is 2.18. The van der Waals surface area contributed by atoms with Crippen LogP contribution in [0.3, 0.4) is 0 Å². The minimum atomic E-state index is 0.444. The number of aromatic nitrogens is 2. The first-order chi connectivity index (χ1) is 9.76. The summed E-state index contributed by atoms with van der Waals surface area (Å²) in [5.41, 5.74) is 3.43. The van der Waals surface area contributed by atoms with Crippen molar-refractivity contribution in [1.29, 1.82) is 0 Å². The van der Waals surface area contributed by atoms with Crippen LogP contribution in [0.1, 0.15) is 12.8 Å². The van der Waals surface area contributed by atoms with Crippen LogP contribution in [-0.4, -0.2) is 41.0 Å². The van der Waals surface area contributed by atoms with Gasteiger partial charge >= 0.3 is 0 Å². The molecule has 1 aliphatic heterocycles. The first kappa shape index (κ1) is 13.1. The number of nitrogen functional groups attached to an aromatic ring is 1. The van der Waals surface area contributed by atoms with Crippen LogP contribution in [0, 0.1) is 0 Å². The smallest absolute Gasteiger partial charge is 0.239 e. The van der Waals surface area contributed by atoms with Crippen molar-refractivity contribution in [3.05, 3.63) is 24.3 Å².